The van der Waals surface area contributed by atoms with E-state index in [-0.39, 0.29) is 12.6 Å². The lowest BCUT2D eigenvalue weighted by molar-refractivity contribution is -0.121. The van der Waals surface area contributed by atoms with Crippen molar-refractivity contribution in [3.8, 4) is 11.5 Å². The van der Waals surface area contributed by atoms with E-state index in [9.17, 15) is 4.79 Å². The number of nitrogens with two attached hydrogens (primary N) is 1. The summed E-state index contributed by atoms with van der Waals surface area (Å²) < 4.78 is 10.5. The van der Waals surface area contributed by atoms with Crippen molar-refractivity contribution >= 4 is 5.91 Å². The van der Waals surface area contributed by atoms with Gasteiger partial charge in [-0.1, -0.05) is 45.1 Å². The maximum atomic E-state index is 11.8. The Morgan fingerprint density at radius 2 is 1.87 bits per heavy atom. The molecule has 3 N–H and O–H groups in total. The Morgan fingerprint density at radius 3 is 2.57 bits per heavy atom. The van der Waals surface area contributed by atoms with Crippen LogP contribution in [0.4, 0.5) is 0 Å². The lowest BCUT2D eigenvalue weighted by atomic mass is 10.1. The van der Waals surface area contributed by atoms with Crippen LogP contribution in [0.25, 0.3) is 0 Å². The largest absolute Gasteiger partial charge is 0.493 e. The van der Waals surface area contributed by atoms with Crippen molar-refractivity contribution in [3.63, 3.8) is 0 Å². The van der Waals surface area contributed by atoms with Crippen LogP contribution >= 0.6 is 0 Å². The number of unbranched alkanes of at least 4 members (excludes halogenated alkanes) is 5. The Kier molecular flexibility index (Phi) is 9.87. The fourth-order valence-corrected chi connectivity index (χ4v) is 2.39. The number of hydrogen-bond donors (Lipinski definition) is 2. The SMILES string of the molecule is CCCCCCCCC(=O)NCc1ccc(OCN)c(OC)c1. The predicted molar refractivity (Wildman–Crippen MR) is 92.5 cm³/mol. The second-order valence-corrected chi connectivity index (χ2v) is 5.59. The fraction of sp³-hybridized carbons (Fsp3) is 0.611. The van der Waals surface area contributed by atoms with Gasteiger partial charge >= 0.3 is 0 Å². The monoisotopic (exact) mass is 322 g/mol. The normalized spacial score (nSPS) is 10.4. The van der Waals surface area contributed by atoms with Crippen LogP contribution in [-0.4, -0.2) is 19.7 Å². The van der Waals surface area contributed by atoms with E-state index in [1.54, 1.807) is 13.2 Å². The molecule has 0 aliphatic heterocycles. The molecule has 5 nitrogen and oxygen atoms in total. The van der Waals surface area contributed by atoms with E-state index in [4.69, 9.17) is 15.2 Å². The highest BCUT2D eigenvalue weighted by atomic mass is 16.5. The second kappa shape index (κ2) is 11.8. The standard InChI is InChI=1S/C18H30N2O3/c1-3-4-5-6-7-8-9-18(21)20-13-15-10-11-16(23-14-19)17(12-15)22-2/h10-12H,3-9,13-14,19H2,1-2H3,(H,20,21). The molecule has 130 valence electrons. The highest BCUT2D eigenvalue weighted by Crippen LogP contribution is 2.27. The summed E-state index contributed by atoms with van der Waals surface area (Å²) in [4.78, 5) is 11.8. The molecule has 5 heteroatoms. The zero-order valence-corrected chi connectivity index (χ0v) is 14.4. The van der Waals surface area contributed by atoms with Gasteiger partial charge in [0.25, 0.3) is 0 Å². The summed E-state index contributed by atoms with van der Waals surface area (Å²) in [5.41, 5.74) is 6.35. The van der Waals surface area contributed by atoms with Crippen LogP contribution < -0.4 is 20.5 Å². The topological polar surface area (TPSA) is 73.6 Å². The zero-order valence-electron chi connectivity index (χ0n) is 14.4. The average molecular weight is 322 g/mol. The van der Waals surface area contributed by atoms with E-state index in [2.05, 4.69) is 12.2 Å². The number of hydrogen-bond acceptors (Lipinski definition) is 4. The predicted octanol–water partition coefficient (Wildman–Crippen LogP) is 3.36. The molecule has 0 fully saturated rings. The molecule has 0 unspecified atom stereocenters. The summed E-state index contributed by atoms with van der Waals surface area (Å²) in [6.45, 7) is 2.80. The number of methoxy groups -OCH3 is 1. The maximum Gasteiger partial charge on any atom is 0.220 e. The third kappa shape index (κ3) is 7.88. The van der Waals surface area contributed by atoms with Crippen LogP contribution in [0.2, 0.25) is 0 Å². The Balaban J connectivity index is 2.30. The molecule has 0 aliphatic carbocycles. The highest BCUT2D eigenvalue weighted by Gasteiger charge is 2.06. The van der Waals surface area contributed by atoms with Gasteiger partial charge in [0.15, 0.2) is 11.5 Å². The molecule has 0 bridgehead atoms. The summed E-state index contributed by atoms with van der Waals surface area (Å²) in [5.74, 6) is 1.33. The molecule has 0 atom stereocenters. The number of rotatable bonds is 12. The van der Waals surface area contributed by atoms with Gasteiger partial charge in [-0.3, -0.25) is 10.5 Å². The quantitative estimate of drug-likeness (QED) is 0.457. The van der Waals surface area contributed by atoms with E-state index in [0.29, 0.717) is 24.5 Å². The van der Waals surface area contributed by atoms with Gasteiger partial charge in [0.1, 0.15) is 6.73 Å². The third-order valence-corrected chi connectivity index (χ3v) is 3.71. The van der Waals surface area contributed by atoms with Crippen LogP contribution in [0.1, 0.15) is 57.4 Å². The van der Waals surface area contributed by atoms with E-state index in [1.165, 1.54) is 25.7 Å². The average Bonchev–Trinajstić information content (AvgIpc) is 2.57. The van der Waals surface area contributed by atoms with Crippen LogP contribution in [-0.2, 0) is 11.3 Å². The van der Waals surface area contributed by atoms with Gasteiger partial charge in [0.05, 0.1) is 7.11 Å². The molecular formula is C18H30N2O3. The van der Waals surface area contributed by atoms with E-state index in [1.807, 2.05) is 12.1 Å². The van der Waals surface area contributed by atoms with Gasteiger partial charge in [-0.15, -0.1) is 0 Å². The molecule has 0 aromatic heterocycles. The molecule has 1 amide bonds. The van der Waals surface area contributed by atoms with Crippen molar-refractivity contribution in [2.45, 2.75) is 58.4 Å². The number of amides is 1. The van der Waals surface area contributed by atoms with Gasteiger partial charge in [-0.05, 0) is 24.1 Å². The molecule has 1 rings (SSSR count). The maximum absolute atomic E-state index is 11.8. The number of nitrogens with one attached hydrogen (secondary N) is 1. The van der Waals surface area contributed by atoms with Crippen LogP contribution in [0.5, 0.6) is 11.5 Å². The third-order valence-electron chi connectivity index (χ3n) is 3.71. The van der Waals surface area contributed by atoms with E-state index in [0.717, 1.165) is 18.4 Å². The molecule has 23 heavy (non-hydrogen) atoms. The zero-order chi connectivity index (χ0) is 16.9. The van der Waals surface area contributed by atoms with Gasteiger partial charge in [0, 0.05) is 13.0 Å². The molecule has 0 saturated heterocycles. The van der Waals surface area contributed by atoms with Crippen LogP contribution in [0, 0.1) is 0 Å². The molecule has 0 radical (unpaired) electrons. The minimum atomic E-state index is 0.0988. The minimum absolute atomic E-state index is 0.0988. The van der Waals surface area contributed by atoms with Crippen LogP contribution in [0.15, 0.2) is 18.2 Å². The first-order valence-corrected chi connectivity index (χ1v) is 8.47. The number of ether oxygens (including phenoxy) is 2. The highest BCUT2D eigenvalue weighted by molar-refractivity contribution is 5.75. The molecule has 0 aliphatic rings. The molecule has 0 heterocycles. The van der Waals surface area contributed by atoms with E-state index < -0.39 is 0 Å². The molecular weight excluding hydrogens is 292 g/mol. The molecule has 0 spiro atoms. The van der Waals surface area contributed by atoms with Crippen molar-refractivity contribution in [1.82, 2.24) is 5.32 Å². The molecule has 1 aromatic carbocycles. The minimum Gasteiger partial charge on any atom is -0.493 e. The Hall–Kier alpha value is -1.75. The van der Waals surface area contributed by atoms with Crippen molar-refractivity contribution in [2.24, 2.45) is 5.73 Å². The van der Waals surface area contributed by atoms with Gasteiger partial charge in [-0.2, -0.15) is 0 Å². The first-order chi connectivity index (χ1) is 11.2. The van der Waals surface area contributed by atoms with Crippen LogP contribution in [0.3, 0.4) is 0 Å². The smallest absolute Gasteiger partial charge is 0.220 e. The second-order valence-electron chi connectivity index (χ2n) is 5.59. The lowest BCUT2D eigenvalue weighted by Crippen LogP contribution is -2.22. The molecule has 0 saturated carbocycles. The van der Waals surface area contributed by atoms with Gasteiger partial charge in [0.2, 0.25) is 5.91 Å². The summed E-state index contributed by atoms with van der Waals surface area (Å²) in [7, 11) is 1.58. The lowest BCUT2D eigenvalue weighted by Gasteiger charge is -2.11. The Morgan fingerprint density at radius 1 is 1.13 bits per heavy atom. The number of carbonyl (C=O) groups is 1. The Bertz CT molecular complexity index is 464. The number of carbonyl (C=O) groups excluding carboxylic acids is 1. The fourth-order valence-electron chi connectivity index (χ4n) is 2.39. The van der Waals surface area contributed by atoms with Crippen molar-refractivity contribution in [2.75, 3.05) is 13.8 Å². The summed E-state index contributed by atoms with van der Waals surface area (Å²) in [6, 6.07) is 5.56. The van der Waals surface area contributed by atoms with Crippen molar-refractivity contribution in [1.29, 1.82) is 0 Å². The van der Waals surface area contributed by atoms with Crippen molar-refractivity contribution < 1.29 is 14.3 Å². The van der Waals surface area contributed by atoms with Gasteiger partial charge in [-0.25, -0.2) is 0 Å². The Labute approximate surface area is 139 Å². The van der Waals surface area contributed by atoms with Crippen molar-refractivity contribution in [3.05, 3.63) is 23.8 Å². The van der Waals surface area contributed by atoms with E-state index >= 15 is 0 Å². The first-order valence-electron chi connectivity index (χ1n) is 8.47. The van der Waals surface area contributed by atoms with Gasteiger partial charge < -0.3 is 14.8 Å². The first kappa shape index (κ1) is 19.3. The molecule has 1 aromatic rings. The number of benzene rings is 1. The summed E-state index contributed by atoms with van der Waals surface area (Å²) >= 11 is 0. The summed E-state index contributed by atoms with van der Waals surface area (Å²) in [5, 5.41) is 2.94. The summed E-state index contributed by atoms with van der Waals surface area (Å²) in [6.07, 6.45) is 7.72.